The third kappa shape index (κ3) is 5.43. The van der Waals surface area contributed by atoms with Crippen LogP contribution in [0.2, 0.25) is 0 Å². The van der Waals surface area contributed by atoms with E-state index in [4.69, 9.17) is 0 Å². The van der Waals surface area contributed by atoms with E-state index in [9.17, 15) is 13.0 Å². The van der Waals surface area contributed by atoms with Crippen molar-refractivity contribution >= 4 is 19.1 Å². The van der Waals surface area contributed by atoms with Crippen LogP contribution in [0.1, 0.15) is 0 Å². The number of halogens is 2. The maximum Gasteiger partial charge on any atom is 0.538 e. The predicted molar refractivity (Wildman–Crippen MR) is 40.3 cm³/mol. The zero-order chi connectivity index (χ0) is 9.07. The second kappa shape index (κ2) is 4.25. The van der Waals surface area contributed by atoms with Crippen LogP contribution in [0.25, 0.3) is 0 Å². The van der Waals surface area contributed by atoms with Gasteiger partial charge >= 0.3 is 7.91 Å². The zero-order valence-corrected chi connectivity index (χ0v) is 8.03. The predicted octanol–water partition coefficient (Wildman–Crippen LogP) is 1.87. The molecule has 0 bridgehead atoms. The number of hydrogen-bond acceptors (Lipinski definition) is 2. The van der Waals surface area contributed by atoms with Gasteiger partial charge in [-0.3, -0.25) is 4.18 Å². The van der Waals surface area contributed by atoms with Crippen molar-refractivity contribution in [1.82, 2.24) is 4.31 Å². The number of nitrogens with zero attached hydrogens (tertiary/aromatic N) is 2. The summed E-state index contributed by atoms with van der Waals surface area (Å²) in [6.07, 6.45) is 0. The summed E-state index contributed by atoms with van der Waals surface area (Å²) < 4.78 is 42.0. The van der Waals surface area contributed by atoms with Gasteiger partial charge in [0, 0.05) is 14.1 Å². The Labute approximate surface area is 66.6 Å². The van der Waals surface area contributed by atoms with Gasteiger partial charge in [-0.2, -0.15) is 0 Å². The van der Waals surface area contributed by atoms with E-state index in [1.54, 1.807) is 0 Å². The molecule has 0 saturated heterocycles. The van der Waals surface area contributed by atoms with Gasteiger partial charge in [0.25, 0.3) is 0 Å². The average molecular weight is 206 g/mol. The second-order valence-electron chi connectivity index (χ2n) is 1.73. The molecule has 0 N–H and O–H groups in total. The summed E-state index contributed by atoms with van der Waals surface area (Å²) in [6, 6.07) is 0. The molecule has 68 valence electrons. The summed E-state index contributed by atoms with van der Waals surface area (Å²) >= 11 is -1.41. The fourth-order valence-corrected chi connectivity index (χ4v) is 2.14. The van der Waals surface area contributed by atoms with Crippen molar-refractivity contribution in [2.24, 2.45) is 4.13 Å². The molecule has 11 heavy (non-hydrogen) atoms. The van der Waals surface area contributed by atoms with Crippen molar-refractivity contribution in [2.45, 2.75) is 0 Å². The van der Waals surface area contributed by atoms with Crippen molar-refractivity contribution in [3.63, 3.8) is 0 Å². The zero-order valence-electron chi connectivity index (χ0n) is 6.32. The third-order valence-electron chi connectivity index (χ3n) is 0.626. The monoisotopic (exact) mass is 206 g/mol. The minimum absolute atomic E-state index is 1.22. The maximum absolute atomic E-state index is 11.8. The van der Waals surface area contributed by atoms with Crippen LogP contribution in [-0.4, -0.2) is 25.5 Å². The van der Waals surface area contributed by atoms with Crippen LogP contribution in [0.15, 0.2) is 4.13 Å². The van der Waals surface area contributed by atoms with E-state index in [0.29, 0.717) is 0 Å². The molecule has 0 rings (SSSR count). The van der Waals surface area contributed by atoms with E-state index in [1.807, 2.05) is 0 Å². The van der Waals surface area contributed by atoms with Crippen LogP contribution in [0.5, 0.6) is 0 Å². The Bertz CT molecular complexity index is 204. The highest BCUT2D eigenvalue weighted by Gasteiger charge is 2.19. The van der Waals surface area contributed by atoms with Crippen molar-refractivity contribution in [3.8, 4) is 0 Å². The van der Waals surface area contributed by atoms with Gasteiger partial charge in [-0.05, 0) is 0 Å². The summed E-state index contributed by atoms with van der Waals surface area (Å²) in [6.45, 7) is 0. The molecule has 8 heteroatoms. The molecule has 0 radical (unpaired) electrons. The van der Waals surface area contributed by atoms with Gasteiger partial charge in [-0.15, -0.1) is 12.5 Å². The Kier molecular flexibility index (Phi) is 4.31. The Morgan fingerprint density at radius 2 is 2.00 bits per heavy atom. The van der Waals surface area contributed by atoms with Crippen LogP contribution < -0.4 is 0 Å². The van der Waals surface area contributed by atoms with Gasteiger partial charge in [0.1, 0.15) is 11.2 Å². The second-order valence-corrected chi connectivity index (χ2v) is 4.77. The van der Waals surface area contributed by atoms with Crippen LogP contribution in [0.3, 0.4) is 0 Å². The molecule has 0 aromatic carbocycles. The van der Waals surface area contributed by atoms with Crippen molar-refractivity contribution in [2.75, 3.05) is 21.2 Å². The van der Waals surface area contributed by atoms with E-state index >= 15 is 0 Å². The lowest BCUT2D eigenvalue weighted by molar-refractivity contribution is 0.440. The summed E-state index contributed by atoms with van der Waals surface area (Å²) in [7, 11) is -1.09. The minimum atomic E-state index is -5.32. The Morgan fingerprint density at radius 1 is 1.55 bits per heavy atom. The van der Waals surface area contributed by atoms with E-state index < -0.39 is 19.1 Å². The topological polar surface area (TPSA) is 41.9 Å². The molecule has 0 aromatic rings. The highest BCUT2D eigenvalue weighted by molar-refractivity contribution is 7.84. The van der Waals surface area contributed by atoms with Gasteiger partial charge in [0.15, 0.2) is 0 Å². The molecule has 0 aliphatic rings. The lowest BCUT2D eigenvalue weighted by Crippen LogP contribution is -2.15. The quantitative estimate of drug-likeness (QED) is 0.662. The van der Waals surface area contributed by atoms with Gasteiger partial charge in [-0.25, -0.2) is 8.87 Å². The first kappa shape index (κ1) is 11.2. The standard InChI is InChI=1S/C3H9F2N2O2PS/c1-7(2)11(9-3)6-10(4,5)8/h1-3H3. The van der Waals surface area contributed by atoms with Gasteiger partial charge in [-0.1, -0.05) is 0 Å². The smallest absolute Gasteiger partial charge is 0.297 e. The van der Waals surface area contributed by atoms with Crippen LogP contribution >= 0.6 is 7.91 Å². The SMILES string of the molecule is COS(=NP(=O)(F)F)N(C)C. The molecule has 0 heterocycles. The normalized spacial score (nSPS) is 15.8. The molecule has 0 fully saturated rings. The average Bonchev–Trinajstić information content (AvgIpc) is 1.80. The van der Waals surface area contributed by atoms with Gasteiger partial charge in [0.05, 0.1) is 7.11 Å². The van der Waals surface area contributed by atoms with Crippen LogP contribution in [0.4, 0.5) is 8.39 Å². The Morgan fingerprint density at radius 3 is 2.09 bits per heavy atom. The first-order valence-electron chi connectivity index (χ1n) is 2.56. The largest absolute Gasteiger partial charge is 0.538 e. The molecule has 0 aliphatic heterocycles. The molecule has 1 unspecified atom stereocenters. The van der Waals surface area contributed by atoms with Crippen molar-refractivity contribution < 1.29 is 17.1 Å². The molecule has 4 nitrogen and oxygen atoms in total. The lowest BCUT2D eigenvalue weighted by Gasteiger charge is -2.10. The number of rotatable bonds is 3. The third-order valence-corrected chi connectivity index (χ3v) is 2.87. The molecule has 1 atom stereocenters. The Hall–Kier alpha value is 0.160. The molecular weight excluding hydrogens is 197 g/mol. The van der Waals surface area contributed by atoms with E-state index in [2.05, 4.69) is 8.32 Å². The van der Waals surface area contributed by atoms with Gasteiger partial charge < -0.3 is 0 Å². The fraction of sp³-hybridized carbons (Fsp3) is 1.00. The molecule has 0 aliphatic carbocycles. The minimum Gasteiger partial charge on any atom is -0.297 e. The fourth-order valence-electron chi connectivity index (χ4n) is 0.337. The van der Waals surface area contributed by atoms with Crippen molar-refractivity contribution in [3.05, 3.63) is 0 Å². The highest BCUT2D eigenvalue weighted by atomic mass is 32.2. The molecule has 0 saturated carbocycles. The van der Waals surface area contributed by atoms with Gasteiger partial charge in [0.2, 0.25) is 0 Å². The van der Waals surface area contributed by atoms with E-state index in [1.165, 1.54) is 25.5 Å². The van der Waals surface area contributed by atoms with Crippen LogP contribution in [-0.2, 0) is 19.9 Å². The maximum atomic E-state index is 11.8. The van der Waals surface area contributed by atoms with Crippen LogP contribution in [0, 0.1) is 0 Å². The molecule has 0 amide bonds. The summed E-state index contributed by atoms with van der Waals surface area (Å²) in [5, 5.41) is 0. The highest BCUT2D eigenvalue weighted by Crippen LogP contribution is 2.51. The van der Waals surface area contributed by atoms with Crippen molar-refractivity contribution in [1.29, 1.82) is 0 Å². The summed E-state index contributed by atoms with van der Waals surface area (Å²) in [4.78, 5) is 0. The molecule has 0 aromatic heterocycles. The first-order chi connectivity index (χ1) is 4.87. The molecule has 0 spiro atoms. The lowest BCUT2D eigenvalue weighted by atomic mass is 11.3. The first-order valence-corrected chi connectivity index (χ1v) is 5.06. The number of hydrogen-bond donors (Lipinski definition) is 0. The van der Waals surface area contributed by atoms with E-state index in [-0.39, 0.29) is 0 Å². The van der Waals surface area contributed by atoms with E-state index in [0.717, 1.165) is 0 Å². The molecular formula is C3H9F2N2O2PS. The summed E-state index contributed by atoms with van der Waals surface area (Å²) in [5.74, 6) is 0. The Balaban J connectivity index is 4.50. The summed E-state index contributed by atoms with van der Waals surface area (Å²) in [5.41, 5.74) is 0.